The van der Waals surface area contributed by atoms with E-state index < -0.39 is 0 Å². The van der Waals surface area contributed by atoms with Crippen LogP contribution >= 0.6 is 11.6 Å². The summed E-state index contributed by atoms with van der Waals surface area (Å²) in [6, 6.07) is 10.2. The van der Waals surface area contributed by atoms with E-state index >= 15 is 0 Å². The van der Waals surface area contributed by atoms with Crippen molar-refractivity contribution in [1.29, 1.82) is 0 Å². The Morgan fingerprint density at radius 1 is 1.27 bits per heavy atom. The summed E-state index contributed by atoms with van der Waals surface area (Å²) in [5.41, 5.74) is 2.10. The van der Waals surface area contributed by atoms with Crippen LogP contribution in [0.5, 0.6) is 0 Å². The largest absolute Gasteiger partial charge is 0.308 e. The van der Waals surface area contributed by atoms with E-state index in [0.29, 0.717) is 19.5 Å². The second kappa shape index (κ2) is 6.71. The van der Waals surface area contributed by atoms with Gasteiger partial charge in [-0.1, -0.05) is 36.2 Å². The lowest BCUT2D eigenvalue weighted by atomic mass is 9.62. The van der Waals surface area contributed by atoms with E-state index in [-0.39, 0.29) is 11.3 Å². The molecule has 1 saturated carbocycles. The van der Waals surface area contributed by atoms with Crippen molar-refractivity contribution < 1.29 is 4.79 Å². The summed E-state index contributed by atoms with van der Waals surface area (Å²) in [4.78, 5) is 16.5. The SMILES string of the molecule is CN(C)CCN1C(=O)CCn2nc(C3(c4ccccc4Cl)CCC3)cc21. The number of anilines is 1. The minimum atomic E-state index is -0.112. The normalized spacial score (nSPS) is 18.8. The molecule has 0 bridgehead atoms. The highest BCUT2D eigenvalue weighted by Crippen LogP contribution is 2.51. The Labute approximate surface area is 159 Å². The molecule has 1 aromatic heterocycles. The zero-order chi connectivity index (χ0) is 18.3. The molecular formula is C20H25ClN4O. The molecule has 0 atom stereocenters. The molecule has 1 aromatic carbocycles. The Balaban J connectivity index is 1.72. The summed E-state index contributed by atoms with van der Waals surface area (Å²) < 4.78 is 2.00. The maximum absolute atomic E-state index is 12.5. The number of carbonyl (C=O) groups excluding carboxylic acids is 1. The summed E-state index contributed by atoms with van der Waals surface area (Å²) in [6.07, 6.45) is 3.80. The molecule has 2 heterocycles. The Morgan fingerprint density at radius 3 is 2.69 bits per heavy atom. The van der Waals surface area contributed by atoms with Crippen molar-refractivity contribution in [1.82, 2.24) is 14.7 Å². The van der Waals surface area contributed by atoms with Crippen molar-refractivity contribution in [3.05, 3.63) is 46.6 Å². The number of fused-ring (bicyclic) bond motifs is 1. The van der Waals surface area contributed by atoms with E-state index in [2.05, 4.69) is 17.0 Å². The van der Waals surface area contributed by atoms with Gasteiger partial charge in [0.05, 0.1) is 12.2 Å². The van der Waals surface area contributed by atoms with Gasteiger partial charge in [-0.2, -0.15) is 5.10 Å². The van der Waals surface area contributed by atoms with Crippen LogP contribution in [-0.4, -0.2) is 47.8 Å². The number of aryl methyl sites for hydroxylation is 1. The molecule has 2 aromatic rings. The van der Waals surface area contributed by atoms with Gasteiger partial charge in [-0.25, -0.2) is 4.68 Å². The molecule has 1 amide bonds. The molecule has 0 radical (unpaired) electrons. The first kappa shape index (κ1) is 17.6. The third-order valence-corrected chi connectivity index (χ3v) is 6.06. The van der Waals surface area contributed by atoms with Gasteiger partial charge in [-0.15, -0.1) is 0 Å². The summed E-state index contributed by atoms with van der Waals surface area (Å²) >= 11 is 6.53. The van der Waals surface area contributed by atoms with Crippen LogP contribution in [0.25, 0.3) is 0 Å². The number of rotatable bonds is 5. The number of amides is 1. The van der Waals surface area contributed by atoms with E-state index in [9.17, 15) is 4.79 Å². The molecule has 4 rings (SSSR count). The van der Waals surface area contributed by atoms with Gasteiger partial charge < -0.3 is 4.90 Å². The van der Waals surface area contributed by atoms with E-state index in [4.69, 9.17) is 16.7 Å². The molecule has 1 aliphatic carbocycles. The first-order valence-electron chi connectivity index (χ1n) is 9.30. The average molecular weight is 373 g/mol. The first-order chi connectivity index (χ1) is 12.5. The van der Waals surface area contributed by atoms with Gasteiger partial charge >= 0.3 is 0 Å². The van der Waals surface area contributed by atoms with Gasteiger partial charge in [-0.05, 0) is 38.6 Å². The van der Waals surface area contributed by atoms with Crippen LogP contribution in [0.4, 0.5) is 5.82 Å². The number of nitrogens with zero attached hydrogens (tertiary/aromatic N) is 4. The Morgan fingerprint density at radius 2 is 2.04 bits per heavy atom. The van der Waals surface area contributed by atoms with Crippen molar-refractivity contribution >= 4 is 23.3 Å². The van der Waals surface area contributed by atoms with Crippen LogP contribution in [0.2, 0.25) is 5.02 Å². The monoisotopic (exact) mass is 372 g/mol. The Hall–Kier alpha value is -1.85. The summed E-state index contributed by atoms with van der Waals surface area (Å²) in [5.74, 6) is 1.11. The predicted octanol–water partition coefficient (Wildman–Crippen LogP) is 3.30. The molecule has 138 valence electrons. The van der Waals surface area contributed by atoms with E-state index in [1.807, 2.05) is 41.9 Å². The van der Waals surface area contributed by atoms with Gasteiger partial charge in [0.15, 0.2) is 0 Å². The highest BCUT2D eigenvalue weighted by molar-refractivity contribution is 6.31. The Bertz CT molecular complexity index is 825. The lowest BCUT2D eigenvalue weighted by Crippen LogP contribution is -2.41. The zero-order valence-corrected chi connectivity index (χ0v) is 16.2. The van der Waals surface area contributed by atoms with E-state index in [1.54, 1.807) is 0 Å². The molecule has 0 spiro atoms. The van der Waals surface area contributed by atoms with Crippen molar-refractivity contribution in [3.8, 4) is 0 Å². The highest BCUT2D eigenvalue weighted by Gasteiger charge is 2.44. The molecule has 2 aliphatic rings. The molecule has 26 heavy (non-hydrogen) atoms. The topological polar surface area (TPSA) is 41.4 Å². The number of carbonyl (C=O) groups is 1. The predicted molar refractivity (Wildman–Crippen MR) is 104 cm³/mol. The number of hydrogen-bond donors (Lipinski definition) is 0. The number of likely N-dealkylation sites (N-methyl/N-ethyl adjacent to an activating group) is 1. The Kier molecular flexibility index (Phi) is 4.53. The molecular weight excluding hydrogens is 348 g/mol. The van der Waals surface area contributed by atoms with Crippen molar-refractivity contribution in [2.24, 2.45) is 0 Å². The average Bonchev–Trinajstić information content (AvgIpc) is 2.99. The van der Waals surface area contributed by atoms with Crippen LogP contribution in [0, 0.1) is 0 Å². The smallest absolute Gasteiger partial charge is 0.230 e. The van der Waals surface area contributed by atoms with E-state index in [0.717, 1.165) is 41.5 Å². The van der Waals surface area contributed by atoms with Crippen molar-refractivity contribution in [2.45, 2.75) is 37.6 Å². The molecule has 0 saturated heterocycles. The molecule has 0 N–H and O–H groups in total. The second-order valence-corrected chi connectivity index (χ2v) is 8.03. The van der Waals surface area contributed by atoms with Gasteiger partial charge in [0, 0.05) is 36.0 Å². The van der Waals surface area contributed by atoms with Gasteiger partial charge in [0.25, 0.3) is 0 Å². The molecule has 1 aliphatic heterocycles. The number of aromatic nitrogens is 2. The van der Waals surface area contributed by atoms with E-state index in [1.165, 1.54) is 6.42 Å². The van der Waals surface area contributed by atoms with Crippen molar-refractivity contribution in [2.75, 3.05) is 32.1 Å². The van der Waals surface area contributed by atoms with Crippen LogP contribution in [0.15, 0.2) is 30.3 Å². The maximum atomic E-state index is 12.5. The number of hydrogen-bond acceptors (Lipinski definition) is 3. The summed E-state index contributed by atoms with van der Waals surface area (Å²) in [6.45, 7) is 2.18. The minimum Gasteiger partial charge on any atom is -0.308 e. The van der Waals surface area contributed by atoms with Crippen LogP contribution in [0.1, 0.15) is 36.9 Å². The second-order valence-electron chi connectivity index (χ2n) is 7.63. The van der Waals surface area contributed by atoms with Crippen LogP contribution in [0.3, 0.4) is 0 Å². The third-order valence-electron chi connectivity index (χ3n) is 5.73. The number of halogens is 1. The lowest BCUT2D eigenvalue weighted by molar-refractivity contribution is -0.119. The van der Waals surface area contributed by atoms with Gasteiger partial charge in [0.2, 0.25) is 5.91 Å². The first-order valence-corrected chi connectivity index (χ1v) is 9.67. The molecule has 5 nitrogen and oxygen atoms in total. The lowest BCUT2D eigenvalue weighted by Gasteiger charge is -2.41. The quantitative estimate of drug-likeness (QED) is 0.808. The summed E-state index contributed by atoms with van der Waals surface area (Å²) in [7, 11) is 4.05. The zero-order valence-electron chi connectivity index (χ0n) is 15.4. The maximum Gasteiger partial charge on any atom is 0.230 e. The van der Waals surface area contributed by atoms with Gasteiger partial charge in [0.1, 0.15) is 5.82 Å². The van der Waals surface area contributed by atoms with Crippen LogP contribution < -0.4 is 4.90 Å². The molecule has 1 fully saturated rings. The fourth-order valence-electron chi connectivity index (χ4n) is 4.07. The minimum absolute atomic E-state index is 0.112. The highest BCUT2D eigenvalue weighted by atomic mass is 35.5. The fraction of sp³-hybridized carbons (Fsp3) is 0.500. The molecule has 0 unspecified atom stereocenters. The third kappa shape index (κ3) is 2.83. The fourth-order valence-corrected chi connectivity index (χ4v) is 4.39. The standard InChI is InChI=1S/C20H25ClN4O/c1-23(2)12-13-24-18-14-17(22-25(18)11-8-19(24)26)20(9-5-10-20)15-6-3-4-7-16(15)21/h3-4,6-7,14H,5,8-13H2,1-2H3. The molecule has 6 heteroatoms. The summed E-state index contributed by atoms with van der Waals surface area (Å²) in [5, 5.41) is 5.73. The van der Waals surface area contributed by atoms with Gasteiger partial charge in [-0.3, -0.25) is 9.69 Å². The number of benzene rings is 1. The van der Waals surface area contributed by atoms with Crippen LogP contribution in [-0.2, 0) is 16.8 Å². The van der Waals surface area contributed by atoms with Crippen molar-refractivity contribution in [3.63, 3.8) is 0 Å².